The van der Waals surface area contributed by atoms with Crippen molar-refractivity contribution < 1.29 is 19.1 Å². The summed E-state index contributed by atoms with van der Waals surface area (Å²) in [5.41, 5.74) is 0.209. The fraction of sp³-hybridized carbons (Fsp3) is 0.429. The van der Waals surface area contributed by atoms with Gasteiger partial charge < -0.3 is 10.4 Å². The summed E-state index contributed by atoms with van der Waals surface area (Å²) in [6, 6.07) is 4.52. The van der Waals surface area contributed by atoms with Gasteiger partial charge in [-0.3, -0.25) is 9.59 Å². The van der Waals surface area contributed by atoms with Crippen LogP contribution in [-0.2, 0) is 9.59 Å². The van der Waals surface area contributed by atoms with Gasteiger partial charge in [-0.1, -0.05) is 19.9 Å². The van der Waals surface area contributed by atoms with Crippen molar-refractivity contribution >= 4 is 17.6 Å². The fourth-order valence-corrected chi connectivity index (χ4v) is 1.82. The average Bonchev–Trinajstić information content (AvgIpc) is 2.19. The average molecular weight is 267 g/mol. The Morgan fingerprint density at radius 2 is 1.95 bits per heavy atom. The van der Waals surface area contributed by atoms with E-state index in [1.165, 1.54) is 12.1 Å². The molecule has 104 valence electrons. The lowest BCUT2D eigenvalue weighted by Gasteiger charge is -2.21. The summed E-state index contributed by atoms with van der Waals surface area (Å²) in [6.07, 6.45) is -0.0938. The Bertz CT molecular complexity index is 497. The van der Waals surface area contributed by atoms with Gasteiger partial charge in [0.15, 0.2) is 0 Å². The Labute approximate surface area is 111 Å². The van der Waals surface area contributed by atoms with Crippen molar-refractivity contribution in [2.45, 2.75) is 33.6 Å². The van der Waals surface area contributed by atoms with Crippen molar-refractivity contribution in [2.24, 2.45) is 5.41 Å². The van der Waals surface area contributed by atoms with Crippen LogP contribution in [-0.4, -0.2) is 17.0 Å². The molecule has 0 radical (unpaired) electrons. The van der Waals surface area contributed by atoms with Gasteiger partial charge in [0, 0.05) is 6.42 Å². The third-order valence-electron chi connectivity index (χ3n) is 2.67. The maximum Gasteiger partial charge on any atom is 0.303 e. The SMILES string of the molecule is Cc1ccc(NC(=O)CC(C)(C)CC(=O)O)c(F)c1. The molecule has 0 fully saturated rings. The van der Waals surface area contributed by atoms with Crippen LogP contribution in [0.5, 0.6) is 0 Å². The van der Waals surface area contributed by atoms with Gasteiger partial charge in [-0.25, -0.2) is 4.39 Å². The lowest BCUT2D eigenvalue weighted by Crippen LogP contribution is -2.25. The van der Waals surface area contributed by atoms with E-state index in [0.717, 1.165) is 5.56 Å². The number of aliphatic carboxylic acids is 1. The molecule has 0 heterocycles. The second-order valence-corrected chi connectivity index (χ2v) is 5.44. The monoisotopic (exact) mass is 267 g/mol. The molecule has 0 aliphatic carbocycles. The molecular weight excluding hydrogens is 249 g/mol. The van der Waals surface area contributed by atoms with E-state index in [9.17, 15) is 14.0 Å². The van der Waals surface area contributed by atoms with Crippen LogP contribution in [0, 0.1) is 18.2 Å². The number of anilines is 1. The minimum atomic E-state index is -0.959. The lowest BCUT2D eigenvalue weighted by molar-refractivity contribution is -0.139. The highest BCUT2D eigenvalue weighted by molar-refractivity contribution is 5.91. The van der Waals surface area contributed by atoms with Crippen LogP contribution >= 0.6 is 0 Å². The minimum absolute atomic E-state index is 0.0205. The molecule has 1 rings (SSSR count). The highest BCUT2D eigenvalue weighted by atomic mass is 19.1. The van der Waals surface area contributed by atoms with E-state index >= 15 is 0 Å². The molecule has 1 aromatic rings. The van der Waals surface area contributed by atoms with E-state index < -0.39 is 23.1 Å². The van der Waals surface area contributed by atoms with E-state index in [-0.39, 0.29) is 18.5 Å². The molecule has 5 heteroatoms. The molecule has 1 aromatic carbocycles. The largest absolute Gasteiger partial charge is 0.481 e. The number of amides is 1. The zero-order valence-corrected chi connectivity index (χ0v) is 11.3. The van der Waals surface area contributed by atoms with Crippen molar-refractivity contribution in [1.82, 2.24) is 0 Å². The molecule has 4 nitrogen and oxygen atoms in total. The van der Waals surface area contributed by atoms with E-state index in [1.807, 2.05) is 0 Å². The molecule has 1 amide bonds. The number of carbonyl (C=O) groups is 2. The maximum absolute atomic E-state index is 13.5. The van der Waals surface area contributed by atoms with Gasteiger partial charge in [-0.15, -0.1) is 0 Å². The van der Waals surface area contributed by atoms with Crippen molar-refractivity contribution in [3.63, 3.8) is 0 Å². The first-order valence-corrected chi connectivity index (χ1v) is 5.97. The Morgan fingerprint density at radius 3 is 2.47 bits per heavy atom. The molecule has 0 atom stereocenters. The minimum Gasteiger partial charge on any atom is -0.481 e. The van der Waals surface area contributed by atoms with Crippen LogP contribution in [0.1, 0.15) is 32.3 Å². The van der Waals surface area contributed by atoms with Crippen LogP contribution in [0.15, 0.2) is 18.2 Å². The Kier molecular flexibility index (Phi) is 4.64. The van der Waals surface area contributed by atoms with Crippen molar-refractivity contribution in [3.8, 4) is 0 Å². The number of benzene rings is 1. The Balaban J connectivity index is 2.67. The smallest absolute Gasteiger partial charge is 0.303 e. The molecule has 0 unspecified atom stereocenters. The van der Waals surface area contributed by atoms with Gasteiger partial charge in [0.1, 0.15) is 5.82 Å². The molecule has 0 aliphatic rings. The predicted octanol–water partition coefficient (Wildman–Crippen LogP) is 2.96. The topological polar surface area (TPSA) is 66.4 Å². The normalized spacial score (nSPS) is 11.2. The lowest BCUT2D eigenvalue weighted by atomic mass is 9.85. The summed E-state index contributed by atoms with van der Waals surface area (Å²) in [7, 11) is 0. The summed E-state index contributed by atoms with van der Waals surface area (Å²) in [5.74, 6) is -1.85. The van der Waals surface area contributed by atoms with E-state index in [0.29, 0.717) is 0 Å². The van der Waals surface area contributed by atoms with Gasteiger partial charge in [0.05, 0.1) is 12.1 Å². The van der Waals surface area contributed by atoms with Crippen molar-refractivity contribution in [1.29, 1.82) is 0 Å². The van der Waals surface area contributed by atoms with Gasteiger partial charge in [0.25, 0.3) is 0 Å². The third kappa shape index (κ3) is 5.07. The van der Waals surface area contributed by atoms with Crippen LogP contribution in [0.25, 0.3) is 0 Å². The predicted molar refractivity (Wildman–Crippen MR) is 70.4 cm³/mol. The number of hydrogen-bond acceptors (Lipinski definition) is 2. The van der Waals surface area contributed by atoms with Crippen LogP contribution in [0.3, 0.4) is 0 Å². The maximum atomic E-state index is 13.5. The fourth-order valence-electron chi connectivity index (χ4n) is 1.82. The van der Waals surface area contributed by atoms with Crippen molar-refractivity contribution in [3.05, 3.63) is 29.6 Å². The highest BCUT2D eigenvalue weighted by Crippen LogP contribution is 2.26. The summed E-state index contributed by atoms with van der Waals surface area (Å²) in [6.45, 7) is 5.13. The number of carboxylic acids is 1. The molecule has 19 heavy (non-hydrogen) atoms. The van der Waals surface area contributed by atoms with Crippen LogP contribution in [0.2, 0.25) is 0 Å². The molecule has 0 bridgehead atoms. The first-order chi connectivity index (χ1) is 8.69. The number of carboxylic acid groups (broad SMARTS) is 1. The molecule has 2 N–H and O–H groups in total. The number of rotatable bonds is 5. The number of carbonyl (C=O) groups excluding carboxylic acids is 1. The Hall–Kier alpha value is -1.91. The molecule has 0 spiro atoms. The quantitative estimate of drug-likeness (QED) is 0.862. The van der Waals surface area contributed by atoms with Crippen LogP contribution in [0.4, 0.5) is 10.1 Å². The van der Waals surface area contributed by atoms with Crippen LogP contribution < -0.4 is 5.32 Å². The van der Waals surface area contributed by atoms with E-state index in [1.54, 1.807) is 26.8 Å². The van der Waals surface area contributed by atoms with Gasteiger partial charge in [0.2, 0.25) is 5.91 Å². The van der Waals surface area contributed by atoms with Crippen molar-refractivity contribution in [2.75, 3.05) is 5.32 Å². The molecule has 0 aromatic heterocycles. The van der Waals surface area contributed by atoms with Gasteiger partial charge in [-0.05, 0) is 30.0 Å². The first-order valence-electron chi connectivity index (χ1n) is 5.97. The van der Waals surface area contributed by atoms with E-state index in [2.05, 4.69) is 5.32 Å². The van der Waals surface area contributed by atoms with E-state index in [4.69, 9.17) is 5.11 Å². The van der Waals surface area contributed by atoms with Gasteiger partial charge >= 0.3 is 5.97 Å². The molecule has 0 saturated heterocycles. The third-order valence-corrected chi connectivity index (χ3v) is 2.67. The number of nitrogens with one attached hydrogen (secondary N) is 1. The standard InChI is InChI=1S/C14H18FNO3/c1-9-4-5-11(10(15)6-9)16-12(17)7-14(2,3)8-13(18)19/h4-6H,7-8H2,1-3H3,(H,16,17)(H,18,19). The highest BCUT2D eigenvalue weighted by Gasteiger charge is 2.25. The number of hydrogen-bond donors (Lipinski definition) is 2. The Morgan fingerprint density at radius 1 is 1.32 bits per heavy atom. The zero-order chi connectivity index (χ0) is 14.6. The number of aryl methyl sites for hydroxylation is 1. The van der Waals surface area contributed by atoms with Gasteiger partial charge in [-0.2, -0.15) is 0 Å². The second kappa shape index (κ2) is 5.82. The first kappa shape index (κ1) is 15.1. The molecule has 0 aliphatic heterocycles. The number of halogens is 1. The second-order valence-electron chi connectivity index (χ2n) is 5.44. The summed E-state index contributed by atoms with van der Waals surface area (Å²) >= 11 is 0. The zero-order valence-electron chi connectivity index (χ0n) is 11.3. The summed E-state index contributed by atoms with van der Waals surface area (Å²) in [4.78, 5) is 22.4. The summed E-state index contributed by atoms with van der Waals surface area (Å²) in [5, 5.41) is 11.2. The molecule has 0 saturated carbocycles. The summed E-state index contributed by atoms with van der Waals surface area (Å²) < 4.78 is 13.5. The molecular formula is C14H18FNO3.